The summed E-state index contributed by atoms with van der Waals surface area (Å²) in [5.74, 6) is 0.730. The molecule has 1 aliphatic heterocycles. The zero-order valence-corrected chi connectivity index (χ0v) is 10.6. The number of hydrogen-bond donors (Lipinski definition) is 1. The highest BCUT2D eigenvalue weighted by Gasteiger charge is 2.15. The number of pyridine rings is 1. The number of hydrogen-bond acceptors (Lipinski definition) is 4. The lowest BCUT2D eigenvalue weighted by Crippen LogP contribution is -2.48. The monoisotopic (exact) mass is 235 g/mol. The second-order valence-corrected chi connectivity index (χ2v) is 4.49. The van der Waals surface area contributed by atoms with Gasteiger partial charge in [-0.1, -0.05) is 6.07 Å². The van der Waals surface area contributed by atoms with Gasteiger partial charge in [0.05, 0.1) is 12.3 Å². The predicted octanol–water partition coefficient (Wildman–Crippen LogP) is 1.27. The summed E-state index contributed by atoms with van der Waals surface area (Å²) in [5, 5.41) is 3.44. The molecule has 0 aliphatic carbocycles. The molecule has 1 saturated heterocycles. The zero-order chi connectivity index (χ0) is 12.1. The van der Waals surface area contributed by atoms with Gasteiger partial charge in [0.15, 0.2) is 0 Å². The van der Waals surface area contributed by atoms with Gasteiger partial charge in [-0.15, -0.1) is 0 Å². The molecule has 17 heavy (non-hydrogen) atoms. The van der Waals surface area contributed by atoms with E-state index >= 15 is 0 Å². The van der Waals surface area contributed by atoms with Crippen LogP contribution in [-0.2, 0) is 6.54 Å². The first-order chi connectivity index (χ1) is 8.28. The highest BCUT2D eigenvalue weighted by molar-refractivity contribution is 5.15. The fourth-order valence-corrected chi connectivity index (χ4v) is 2.16. The van der Waals surface area contributed by atoms with Crippen molar-refractivity contribution in [2.75, 3.05) is 26.2 Å². The third-order valence-corrected chi connectivity index (χ3v) is 2.91. The number of piperazine rings is 1. The Bertz CT molecular complexity index is 356. The number of nitrogens with zero attached hydrogens (tertiary/aromatic N) is 2. The molecular weight excluding hydrogens is 214 g/mol. The fourth-order valence-electron chi connectivity index (χ4n) is 2.16. The summed E-state index contributed by atoms with van der Waals surface area (Å²) >= 11 is 0. The van der Waals surface area contributed by atoms with Crippen molar-refractivity contribution < 1.29 is 4.74 Å². The van der Waals surface area contributed by atoms with Crippen LogP contribution in [0.1, 0.15) is 19.5 Å². The number of ether oxygens (including phenoxy) is 1. The zero-order valence-electron chi connectivity index (χ0n) is 10.6. The molecular formula is C13H21N3O. The van der Waals surface area contributed by atoms with Crippen LogP contribution in [0.15, 0.2) is 18.2 Å². The summed E-state index contributed by atoms with van der Waals surface area (Å²) in [5.41, 5.74) is 1.09. The quantitative estimate of drug-likeness (QED) is 0.853. The van der Waals surface area contributed by atoms with E-state index in [-0.39, 0.29) is 0 Å². The molecule has 0 spiro atoms. The maximum absolute atomic E-state index is 5.41. The maximum Gasteiger partial charge on any atom is 0.213 e. The van der Waals surface area contributed by atoms with Crippen LogP contribution in [-0.4, -0.2) is 42.2 Å². The summed E-state index contributed by atoms with van der Waals surface area (Å²) in [6.07, 6.45) is 0. The Hall–Kier alpha value is -1.13. The second-order valence-electron chi connectivity index (χ2n) is 4.49. The van der Waals surface area contributed by atoms with Crippen molar-refractivity contribution in [2.45, 2.75) is 26.4 Å². The van der Waals surface area contributed by atoms with Gasteiger partial charge in [0, 0.05) is 38.3 Å². The molecule has 0 amide bonds. The number of aromatic nitrogens is 1. The van der Waals surface area contributed by atoms with E-state index in [1.54, 1.807) is 0 Å². The van der Waals surface area contributed by atoms with E-state index in [0.29, 0.717) is 12.6 Å². The van der Waals surface area contributed by atoms with Gasteiger partial charge < -0.3 is 10.1 Å². The van der Waals surface area contributed by atoms with Crippen molar-refractivity contribution in [3.63, 3.8) is 0 Å². The van der Waals surface area contributed by atoms with Gasteiger partial charge in [-0.05, 0) is 19.9 Å². The smallest absolute Gasteiger partial charge is 0.213 e. The molecule has 0 saturated carbocycles. The van der Waals surface area contributed by atoms with Crippen LogP contribution in [0.4, 0.5) is 0 Å². The summed E-state index contributed by atoms with van der Waals surface area (Å²) < 4.78 is 5.41. The van der Waals surface area contributed by atoms with E-state index in [0.717, 1.165) is 37.8 Å². The number of nitrogens with one attached hydrogen (secondary N) is 1. The average Bonchev–Trinajstić information content (AvgIpc) is 2.30. The Labute approximate surface area is 103 Å². The first-order valence-corrected chi connectivity index (χ1v) is 6.32. The Morgan fingerprint density at radius 1 is 1.53 bits per heavy atom. The molecule has 1 aromatic rings. The second kappa shape index (κ2) is 5.98. The lowest BCUT2D eigenvalue weighted by molar-refractivity contribution is 0.197. The molecule has 0 aromatic carbocycles. The molecule has 1 aliphatic rings. The van der Waals surface area contributed by atoms with Gasteiger partial charge >= 0.3 is 0 Å². The van der Waals surface area contributed by atoms with E-state index in [4.69, 9.17) is 4.74 Å². The Kier molecular flexibility index (Phi) is 4.34. The highest BCUT2D eigenvalue weighted by Crippen LogP contribution is 2.10. The summed E-state index contributed by atoms with van der Waals surface area (Å²) in [6.45, 7) is 9.01. The summed E-state index contributed by atoms with van der Waals surface area (Å²) in [7, 11) is 0. The molecule has 1 atom stereocenters. The largest absolute Gasteiger partial charge is 0.478 e. The van der Waals surface area contributed by atoms with Crippen LogP contribution in [0.25, 0.3) is 0 Å². The minimum atomic E-state index is 0.568. The molecule has 1 N–H and O–H groups in total. The van der Waals surface area contributed by atoms with Crippen LogP contribution >= 0.6 is 0 Å². The molecule has 0 unspecified atom stereocenters. The van der Waals surface area contributed by atoms with Gasteiger partial charge in [-0.3, -0.25) is 4.90 Å². The van der Waals surface area contributed by atoms with E-state index in [1.165, 1.54) is 0 Å². The highest BCUT2D eigenvalue weighted by atomic mass is 16.5. The molecule has 2 rings (SSSR count). The van der Waals surface area contributed by atoms with Gasteiger partial charge in [0.1, 0.15) is 0 Å². The van der Waals surface area contributed by atoms with Gasteiger partial charge in [-0.2, -0.15) is 0 Å². The Morgan fingerprint density at radius 2 is 2.41 bits per heavy atom. The van der Waals surface area contributed by atoms with Crippen LogP contribution < -0.4 is 10.1 Å². The topological polar surface area (TPSA) is 37.4 Å². The minimum absolute atomic E-state index is 0.568. The molecule has 1 aromatic heterocycles. The summed E-state index contributed by atoms with van der Waals surface area (Å²) in [4.78, 5) is 6.93. The SMILES string of the molecule is CCOc1cccc(CN2CCN[C@H](C)C2)n1. The third kappa shape index (κ3) is 3.68. The van der Waals surface area contributed by atoms with E-state index in [2.05, 4.69) is 28.2 Å². The molecule has 0 radical (unpaired) electrons. The van der Waals surface area contributed by atoms with Crippen LogP contribution in [0.5, 0.6) is 5.88 Å². The normalized spacial score (nSPS) is 21.4. The van der Waals surface area contributed by atoms with Crippen LogP contribution in [0.2, 0.25) is 0 Å². The lowest BCUT2D eigenvalue weighted by atomic mass is 10.2. The molecule has 4 nitrogen and oxygen atoms in total. The molecule has 0 bridgehead atoms. The van der Waals surface area contributed by atoms with Crippen molar-refractivity contribution in [1.29, 1.82) is 0 Å². The van der Waals surface area contributed by atoms with E-state index in [1.807, 2.05) is 19.1 Å². The number of rotatable bonds is 4. The van der Waals surface area contributed by atoms with Gasteiger partial charge in [-0.25, -0.2) is 4.98 Å². The van der Waals surface area contributed by atoms with Crippen LogP contribution in [0.3, 0.4) is 0 Å². The van der Waals surface area contributed by atoms with Gasteiger partial charge in [0.25, 0.3) is 0 Å². The molecule has 2 heterocycles. The predicted molar refractivity (Wildman–Crippen MR) is 68.1 cm³/mol. The van der Waals surface area contributed by atoms with Crippen molar-refractivity contribution in [3.8, 4) is 5.88 Å². The lowest BCUT2D eigenvalue weighted by Gasteiger charge is -2.31. The van der Waals surface area contributed by atoms with E-state index < -0.39 is 0 Å². The first-order valence-electron chi connectivity index (χ1n) is 6.32. The fraction of sp³-hybridized carbons (Fsp3) is 0.615. The van der Waals surface area contributed by atoms with Crippen molar-refractivity contribution in [2.24, 2.45) is 0 Å². The first kappa shape index (κ1) is 12.3. The van der Waals surface area contributed by atoms with Crippen LogP contribution in [0, 0.1) is 0 Å². The molecule has 94 valence electrons. The van der Waals surface area contributed by atoms with Crippen molar-refractivity contribution in [3.05, 3.63) is 23.9 Å². The Balaban J connectivity index is 1.95. The standard InChI is InChI=1S/C13H21N3O/c1-3-17-13-6-4-5-12(15-13)10-16-8-7-14-11(2)9-16/h4-6,11,14H,3,7-10H2,1-2H3/t11-/m1/s1. The maximum atomic E-state index is 5.41. The Morgan fingerprint density at radius 3 is 3.18 bits per heavy atom. The summed E-state index contributed by atoms with van der Waals surface area (Å²) in [6, 6.07) is 6.56. The van der Waals surface area contributed by atoms with Crippen molar-refractivity contribution in [1.82, 2.24) is 15.2 Å². The molecule has 1 fully saturated rings. The van der Waals surface area contributed by atoms with Gasteiger partial charge in [0.2, 0.25) is 5.88 Å². The minimum Gasteiger partial charge on any atom is -0.478 e. The van der Waals surface area contributed by atoms with Crippen molar-refractivity contribution >= 4 is 0 Å². The average molecular weight is 235 g/mol. The van der Waals surface area contributed by atoms with E-state index in [9.17, 15) is 0 Å². The third-order valence-electron chi connectivity index (χ3n) is 2.91. The molecule has 4 heteroatoms.